The maximum atomic E-state index is 5.48. The molecule has 1 heterocycles. The van der Waals surface area contributed by atoms with Crippen molar-refractivity contribution in [3.05, 3.63) is 0 Å². The number of hydrogen-bond acceptors (Lipinski definition) is 1. The van der Waals surface area contributed by atoms with Crippen LogP contribution in [0.1, 0.15) is 41.0 Å². The molecule has 1 fully saturated rings. The van der Waals surface area contributed by atoms with Crippen LogP contribution in [0.15, 0.2) is 0 Å². The average Bonchev–Trinajstić information content (AvgIpc) is 2.05. The Morgan fingerprint density at radius 2 is 1.70 bits per heavy atom. The molecule has 60 valence electrons. The largest absolute Gasteiger partial charge is 0.367 e. The minimum Gasteiger partial charge on any atom is -0.367 e. The monoisotopic (exact) mass is 142 g/mol. The lowest BCUT2D eigenvalue weighted by atomic mass is 9.88. The quantitative estimate of drug-likeness (QED) is 0.513. The smallest absolute Gasteiger partial charge is 0.0892 e. The Kier molecular flexibility index (Phi) is 1.59. The zero-order chi connectivity index (χ0) is 7.99. The Labute approximate surface area is 63.8 Å². The van der Waals surface area contributed by atoms with Crippen molar-refractivity contribution in [2.75, 3.05) is 0 Å². The van der Waals surface area contributed by atoms with E-state index in [2.05, 4.69) is 34.6 Å². The summed E-state index contributed by atoms with van der Waals surface area (Å²) in [5.41, 5.74) is 0.589. The predicted octanol–water partition coefficient (Wildman–Crippen LogP) is 2.60. The van der Waals surface area contributed by atoms with Gasteiger partial charge in [-0.1, -0.05) is 20.8 Å². The van der Waals surface area contributed by atoms with Crippen molar-refractivity contribution >= 4 is 0 Å². The zero-order valence-corrected chi connectivity index (χ0v) is 7.69. The second-order valence-electron chi connectivity index (χ2n) is 4.97. The molecule has 0 aromatic carbocycles. The van der Waals surface area contributed by atoms with Gasteiger partial charge in [-0.3, -0.25) is 0 Å². The van der Waals surface area contributed by atoms with Crippen LogP contribution in [-0.2, 0) is 4.74 Å². The van der Waals surface area contributed by atoms with Gasteiger partial charge in [0, 0.05) is 0 Å². The van der Waals surface area contributed by atoms with Crippen LogP contribution in [0.3, 0.4) is 0 Å². The molecule has 0 aliphatic carbocycles. The van der Waals surface area contributed by atoms with E-state index in [-0.39, 0.29) is 5.60 Å². The third kappa shape index (κ3) is 1.98. The van der Waals surface area contributed by atoms with Crippen LogP contribution in [0.4, 0.5) is 0 Å². The van der Waals surface area contributed by atoms with Gasteiger partial charge < -0.3 is 4.74 Å². The molecule has 1 saturated heterocycles. The van der Waals surface area contributed by atoms with Gasteiger partial charge in [-0.15, -0.1) is 0 Å². The van der Waals surface area contributed by atoms with Crippen LogP contribution in [-0.4, -0.2) is 11.7 Å². The SMILES string of the molecule is CC(C)(C)CC1OC1(C)C. The van der Waals surface area contributed by atoms with E-state index in [1.165, 1.54) is 6.42 Å². The highest BCUT2D eigenvalue weighted by molar-refractivity contribution is 4.96. The van der Waals surface area contributed by atoms with Gasteiger partial charge in [0.05, 0.1) is 11.7 Å². The number of epoxide rings is 1. The molecule has 1 heteroatoms. The van der Waals surface area contributed by atoms with Crippen molar-refractivity contribution in [1.82, 2.24) is 0 Å². The summed E-state index contributed by atoms with van der Waals surface area (Å²) in [6.45, 7) is 11.1. The van der Waals surface area contributed by atoms with E-state index in [9.17, 15) is 0 Å². The molecule has 1 nitrogen and oxygen atoms in total. The van der Waals surface area contributed by atoms with E-state index < -0.39 is 0 Å². The molecule has 0 N–H and O–H groups in total. The van der Waals surface area contributed by atoms with Gasteiger partial charge in [0.2, 0.25) is 0 Å². The van der Waals surface area contributed by atoms with Gasteiger partial charge >= 0.3 is 0 Å². The summed E-state index contributed by atoms with van der Waals surface area (Å²) in [5, 5.41) is 0. The Balaban J connectivity index is 2.31. The lowest BCUT2D eigenvalue weighted by Gasteiger charge is -2.16. The molecule has 1 aliphatic rings. The highest BCUT2D eigenvalue weighted by Crippen LogP contribution is 2.42. The highest BCUT2D eigenvalue weighted by Gasteiger charge is 2.48. The lowest BCUT2D eigenvalue weighted by molar-refractivity contribution is 0.281. The van der Waals surface area contributed by atoms with Gasteiger partial charge in [-0.05, 0) is 25.7 Å². The molecule has 0 aromatic heterocycles. The second kappa shape index (κ2) is 1.97. The third-order valence-corrected chi connectivity index (χ3v) is 1.96. The first-order valence-electron chi connectivity index (χ1n) is 3.99. The summed E-state index contributed by atoms with van der Waals surface area (Å²) in [6, 6.07) is 0. The minimum absolute atomic E-state index is 0.174. The summed E-state index contributed by atoms with van der Waals surface area (Å²) in [6.07, 6.45) is 1.69. The maximum Gasteiger partial charge on any atom is 0.0892 e. The number of ether oxygens (including phenoxy) is 1. The van der Waals surface area contributed by atoms with E-state index in [4.69, 9.17) is 4.74 Å². The van der Waals surface area contributed by atoms with Crippen LogP contribution < -0.4 is 0 Å². The van der Waals surface area contributed by atoms with Crippen LogP contribution in [0.25, 0.3) is 0 Å². The first-order valence-corrected chi connectivity index (χ1v) is 3.99. The Morgan fingerprint density at radius 3 is 1.80 bits per heavy atom. The van der Waals surface area contributed by atoms with Crippen LogP contribution in [0.2, 0.25) is 0 Å². The predicted molar refractivity (Wildman–Crippen MR) is 43.0 cm³/mol. The minimum atomic E-state index is 0.174. The molecule has 0 bridgehead atoms. The molecule has 0 amide bonds. The van der Waals surface area contributed by atoms with Crippen molar-refractivity contribution < 1.29 is 4.74 Å². The molecular weight excluding hydrogens is 124 g/mol. The normalized spacial score (nSPS) is 30.3. The van der Waals surface area contributed by atoms with Crippen LogP contribution in [0.5, 0.6) is 0 Å². The number of hydrogen-bond donors (Lipinski definition) is 0. The molecule has 1 unspecified atom stereocenters. The van der Waals surface area contributed by atoms with E-state index in [1.54, 1.807) is 0 Å². The fourth-order valence-electron chi connectivity index (χ4n) is 1.18. The topological polar surface area (TPSA) is 12.5 Å². The second-order valence-corrected chi connectivity index (χ2v) is 4.97. The summed E-state index contributed by atoms with van der Waals surface area (Å²) >= 11 is 0. The molecule has 0 spiro atoms. The molecule has 0 radical (unpaired) electrons. The Hall–Kier alpha value is -0.0400. The highest BCUT2D eigenvalue weighted by atomic mass is 16.6. The molecule has 1 atom stereocenters. The van der Waals surface area contributed by atoms with Crippen molar-refractivity contribution in [1.29, 1.82) is 0 Å². The summed E-state index contributed by atoms with van der Waals surface area (Å²) < 4.78 is 5.48. The van der Waals surface area contributed by atoms with Crippen molar-refractivity contribution in [3.63, 3.8) is 0 Å². The Morgan fingerprint density at radius 1 is 1.30 bits per heavy atom. The first kappa shape index (κ1) is 8.06. The van der Waals surface area contributed by atoms with Crippen LogP contribution in [0, 0.1) is 5.41 Å². The summed E-state index contributed by atoms with van der Waals surface area (Å²) in [4.78, 5) is 0. The molecular formula is C9H18O. The van der Waals surface area contributed by atoms with Gasteiger partial charge in [0.15, 0.2) is 0 Å². The van der Waals surface area contributed by atoms with Crippen LogP contribution >= 0.6 is 0 Å². The molecule has 0 saturated carbocycles. The maximum absolute atomic E-state index is 5.48. The van der Waals surface area contributed by atoms with Gasteiger partial charge in [0.25, 0.3) is 0 Å². The fourth-order valence-corrected chi connectivity index (χ4v) is 1.18. The van der Waals surface area contributed by atoms with E-state index in [0.717, 1.165) is 0 Å². The van der Waals surface area contributed by atoms with Crippen molar-refractivity contribution in [2.24, 2.45) is 5.41 Å². The van der Waals surface area contributed by atoms with Gasteiger partial charge in [-0.25, -0.2) is 0 Å². The third-order valence-electron chi connectivity index (χ3n) is 1.96. The van der Waals surface area contributed by atoms with E-state index in [0.29, 0.717) is 11.5 Å². The molecule has 1 rings (SSSR count). The average molecular weight is 142 g/mol. The van der Waals surface area contributed by atoms with E-state index in [1.807, 2.05) is 0 Å². The fraction of sp³-hybridized carbons (Fsp3) is 1.00. The van der Waals surface area contributed by atoms with Crippen molar-refractivity contribution in [2.45, 2.75) is 52.7 Å². The zero-order valence-electron chi connectivity index (χ0n) is 7.69. The first-order chi connectivity index (χ1) is 4.31. The number of rotatable bonds is 1. The molecule has 0 aromatic rings. The standard InChI is InChI=1S/C9H18O/c1-8(2,3)6-7-9(4,5)10-7/h7H,6H2,1-5H3. The van der Waals surface area contributed by atoms with E-state index >= 15 is 0 Å². The molecule has 1 aliphatic heterocycles. The lowest BCUT2D eigenvalue weighted by Crippen LogP contribution is -2.13. The van der Waals surface area contributed by atoms with Gasteiger partial charge in [-0.2, -0.15) is 0 Å². The Bertz CT molecular complexity index is 130. The molecule has 10 heavy (non-hydrogen) atoms. The summed E-state index contributed by atoms with van der Waals surface area (Å²) in [5.74, 6) is 0. The summed E-state index contributed by atoms with van der Waals surface area (Å²) in [7, 11) is 0. The van der Waals surface area contributed by atoms with Gasteiger partial charge in [0.1, 0.15) is 0 Å². The van der Waals surface area contributed by atoms with Crippen molar-refractivity contribution in [3.8, 4) is 0 Å².